The fourth-order valence-electron chi connectivity index (χ4n) is 1.17. The summed E-state index contributed by atoms with van der Waals surface area (Å²) >= 11 is 8.04. The molecule has 0 fully saturated rings. The summed E-state index contributed by atoms with van der Waals surface area (Å²) in [6, 6.07) is 0. The van der Waals surface area contributed by atoms with Gasteiger partial charge in [0, 0.05) is 17.1 Å². The minimum atomic E-state index is -4.78. The molecule has 1 rings (SSSR count). The molecule has 1 aromatic heterocycles. The highest BCUT2D eigenvalue weighted by Crippen LogP contribution is 2.40. The monoisotopic (exact) mass is 323 g/mol. The number of nitrogens with zero attached hydrogens (tertiary/aromatic N) is 1. The highest BCUT2D eigenvalue weighted by atomic mass is 79.9. The van der Waals surface area contributed by atoms with Gasteiger partial charge in [0.15, 0.2) is 0 Å². The highest BCUT2D eigenvalue weighted by molar-refractivity contribution is 9.08. The van der Waals surface area contributed by atoms with E-state index in [4.69, 9.17) is 11.6 Å². The van der Waals surface area contributed by atoms with Gasteiger partial charge < -0.3 is 0 Å². The number of pyridine rings is 1. The van der Waals surface area contributed by atoms with Gasteiger partial charge in [-0.2, -0.15) is 13.2 Å². The van der Waals surface area contributed by atoms with Crippen LogP contribution in [0, 0.1) is 0 Å². The Kier molecular flexibility index (Phi) is 4.12. The van der Waals surface area contributed by atoms with Gasteiger partial charge in [-0.05, 0) is 0 Å². The first-order valence-electron chi connectivity index (χ1n) is 3.87. The number of halogens is 7. The maximum atomic E-state index is 12.6. The predicted octanol–water partition coefficient (Wildman–Crippen LogP) is 4.59. The summed E-state index contributed by atoms with van der Waals surface area (Å²) in [6.07, 6.45) is -7.28. The molecule has 8 heteroatoms. The van der Waals surface area contributed by atoms with Crippen LogP contribution >= 0.6 is 27.5 Å². The third-order valence-electron chi connectivity index (χ3n) is 1.79. The van der Waals surface area contributed by atoms with E-state index in [1.807, 2.05) is 0 Å². The smallest absolute Gasteiger partial charge is 0.253 e. The zero-order valence-corrected chi connectivity index (χ0v) is 9.80. The van der Waals surface area contributed by atoms with Gasteiger partial charge in [0.2, 0.25) is 0 Å². The number of aromatic nitrogens is 1. The lowest BCUT2D eigenvalue weighted by atomic mass is 10.1. The average molecular weight is 324 g/mol. The van der Waals surface area contributed by atoms with E-state index in [0.29, 0.717) is 6.20 Å². The van der Waals surface area contributed by atoms with Crippen molar-refractivity contribution in [3.05, 3.63) is 28.0 Å². The van der Waals surface area contributed by atoms with E-state index in [1.165, 1.54) is 0 Å². The molecule has 1 nitrogen and oxygen atoms in total. The fraction of sp³-hybridized carbons (Fsp3) is 0.375. The zero-order chi connectivity index (χ0) is 12.5. The molecule has 0 amide bonds. The van der Waals surface area contributed by atoms with Crippen molar-refractivity contribution in [3.63, 3.8) is 0 Å². The van der Waals surface area contributed by atoms with Gasteiger partial charge >= 0.3 is 6.18 Å². The van der Waals surface area contributed by atoms with E-state index in [-0.39, 0.29) is 0 Å². The third-order valence-corrected chi connectivity index (χ3v) is 2.64. The molecule has 0 saturated carbocycles. The molecule has 0 aliphatic heterocycles. The Morgan fingerprint density at radius 2 is 1.94 bits per heavy atom. The van der Waals surface area contributed by atoms with E-state index < -0.39 is 39.8 Å². The van der Waals surface area contributed by atoms with Crippen molar-refractivity contribution < 1.29 is 22.0 Å². The molecule has 0 aromatic carbocycles. The molecule has 0 bridgehead atoms. The van der Waals surface area contributed by atoms with Crippen molar-refractivity contribution in [3.8, 4) is 0 Å². The molecular formula is C8H4BrClF5N. The molecule has 0 saturated heterocycles. The van der Waals surface area contributed by atoms with E-state index in [9.17, 15) is 22.0 Å². The Hall–Kier alpha value is -0.430. The fourth-order valence-corrected chi connectivity index (χ4v) is 2.01. The Balaban J connectivity index is 3.51. The first-order valence-corrected chi connectivity index (χ1v) is 5.37. The summed E-state index contributed by atoms with van der Waals surface area (Å²) in [4.78, 5) is 3.21. The maximum Gasteiger partial charge on any atom is 0.418 e. The summed E-state index contributed by atoms with van der Waals surface area (Å²) in [6.45, 7) is 0. The Morgan fingerprint density at radius 3 is 2.31 bits per heavy atom. The van der Waals surface area contributed by atoms with Gasteiger partial charge in [-0.1, -0.05) is 27.5 Å². The lowest BCUT2D eigenvalue weighted by Crippen LogP contribution is -2.13. The molecule has 90 valence electrons. The largest absolute Gasteiger partial charge is 0.418 e. The van der Waals surface area contributed by atoms with Crippen molar-refractivity contribution in [1.29, 1.82) is 0 Å². The first kappa shape index (κ1) is 13.6. The molecule has 0 aliphatic rings. The highest BCUT2D eigenvalue weighted by Gasteiger charge is 2.38. The quantitative estimate of drug-likeness (QED) is 0.573. The van der Waals surface area contributed by atoms with Crippen LogP contribution in [0.15, 0.2) is 6.20 Å². The first-order chi connectivity index (χ1) is 7.29. The summed E-state index contributed by atoms with van der Waals surface area (Å²) in [7, 11) is 0. The van der Waals surface area contributed by atoms with Gasteiger partial charge in [-0.25, -0.2) is 8.78 Å². The van der Waals surface area contributed by atoms with Gasteiger partial charge in [0.25, 0.3) is 6.43 Å². The van der Waals surface area contributed by atoms with Crippen molar-refractivity contribution in [2.24, 2.45) is 0 Å². The van der Waals surface area contributed by atoms with Crippen LogP contribution in [0.25, 0.3) is 0 Å². The van der Waals surface area contributed by atoms with Crippen molar-refractivity contribution in [1.82, 2.24) is 4.98 Å². The second-order valence-electron chi connectivity index (χ2n) is 2.78. The van der Waals surface area contributed by atoms with Crippen LogP contribution in [0.5, 0.6) is 0 Å². The zero-order valence-electron chi connectivity index (χ0n) is 7.45. The van der Waals surface area contributed by atoms with Crippen LogP contribution < -0.4 is 0 Å². The topological polar surface area (TPSA) is 12.9 Å². The van der Waals surface area contributed by atoms with E-state index in [2.05, 4.69) is 20.9 Å². The molecular weight excluding hydrogens is 320 g/mol. The van der Waals surface area contributed by atoms with Crippen LogP contribution in [-0.2, 0) is 11.5 Å². The molecule has 16 heavy (non-hydrogen) atoms. The third kappa shape index (κ3) is 2.63. The number of rotatable bonds is 2. The van der Waals surface area contributed by atoms with Crippen molar-refractivity contribution >= 4 is 27.5 Å². The average Bonchev–Trinajstić information content (AvgIpc) is 2.14. The van der Waals surface area contributed by atoms with Crippen LogP contribution in [-0.4, -0.2) is 4.98 Å². The van der Waals surface area contributed by atoms with Crippen molar-refractivity contribution in [2.45, 2.75) is 17.9 Å². The minimum Gasteiger partial charge on any atom is -0.253 e. The molecule has 0 radical (unpaired) electrons. The van der Waals surface area contributed by atoms with E-state index in [0.717, 1.165) is 0 Å². The number of hydrogen-bond acceptors (Lipinski definition) is 1. The molecule has 0 spiro atoms. The molecule has 0 aliphatic carbocycles. The predicted molar refractivity (Wildman–Crippen MR) is 51.8 cm³/mol. The van der Waals surface area contributed by atoms with E-state index in [1.54, 1.807) is 0 Å². The number of alkyl halides is 6. The maximum absolute atomic E-state index is 12.6. The molecule has 0 N–H and O–H groups in total. The standard InChI is InChI=1S/C8H4BrClF5N/c9-1-3-5(8(13,14)15)4(10)2-16-6(3)7(11)12/h2,7H,1H2. The second kappa shape index (κ2) is 4.83. The normalized spacial score (nSPS) is 12.2. The van der Waals surface area contributed by atoms with Gasteiger partial charge in [0.1, 0.15) is 5.69 Å². The number of hydrogen-bond donors (Lipinski definition) is 0. The molecule has 1 aromatic rings. The minimum absolute atomic E-state index is 0.394. The molecule has 0 unspecified atom stereocenters. The Labute approximate surface area is 101 Å². The lowest BCUT2D eigenvalue weighted by Gasteiger charge is -2.15. The summed E-state index contributed by atoms with van der Waals surface area (Å²) < 4.78 is 62.5. The lowest BCUT2D eigenvalue weighted by molar-refractivity contribution is -0.138. The van der Waals surface area contributed by atoms with E-state index >= 15 is 0 Å². The summed E-state index contributed by atoms with van der Waals surface area (Å²) in [5, 5.41) is -1.08. The van der Waals surface area contributed by atoms with Crippen LogP contribution in [0.1, 0.15) is 23.2 Å². The Bertz CT molecular complexity index is 393. The molecule has 1 heterocycles. The van der Waals surface area contributed by atoms with Gasteiger partial charge in [0.05, 0.1) is 10.6 Å². The SMILES string of the molecule is FC(F)c1ncc(Cl)c(C(F)(F)F)c1CBr. The summed E-state index contributed by atoms with van der Waals surface area (Å²) in [5.41, 5.74) is -2.81. The second-order valence-corrected chi connectivity index (χ2v) is 3.74. The summed E-state index contributed by atoms with van der Waals surface area (Å²) in [5.74, 6) is 0. The van der Waals surface area contributed by atoms with Crippen LogP contribution in [0.4, 0.5) is 22.0 Å². The van der Waals surface area contributed by atoms with Crippen molar-refractivity contribution in [2.75, 3.05) is 0 Å². The van der Waals surface area contributed by atoms with Crippen LogP contribution in [0.3, 0.4) is 0 Å². The Morgan fingerprint density at radius 1 is 1.38 bits per heavy atom. The van der Waals surface area contributed by atoms with Gasteiger partial charge in [-0.3, -0.25) is 4.98 Å². The molecule has 0 atom stereocenters. The van der Waals surface area contributed by atoms with Gasteiger partial charge in [-0.15, -0.1) is 0 Å². The van der Waals surface area contributed by atoms with Crippen LogP contribution in [0.2, 0.25) is 5.02 Å².